The largest absolute Gasteiger partial charge is 0.481 e. The summed E-state index contributed by atoms with van der Waals surface area (Å²) in [7, 11) is -9.77. The smallest absolute Gasteiger partial charge is 0.336 e. The average Bonchev–Trinajstić information content (AvgIpc) is 4.18. The summed E-state index contributed by atoms with van der Waals surface area (Å²) in [6, 6.07) is 13.3. The Hall–Kier alpha value is -2.82. The van der Waals surface area contributed by atoms with Gasteiger partial charge in [0.1, 0.15) is 10.8 Å². The molecule has 2 saturated heterocycles. The maximum absolute atomic E-state index is 13.6. The van der Waals surface area contributed by atoms with E-state index in [2.05, 4.69) is 4.98 Å². The number of nitrogens with zero attached hydrogens (tertiary/aromatic N) is 1. The van der Waals surface area contributed by atoms with E-state index in [4.69, 9.17) is 18.5 Å². The van der Waals surface area contributed by atoms with Gasteiger partial charge in [0.2, 0.25) is 0 Å². The van der Waals surface area contributed by atoms with Gasteiger partial charge in [-0.05, 0) is 125 Å². The molecule has 0 radical (unpaired) electrons. The number of Topliss-reactive ketones (excluding diaryl/α,β-unsaturated/α-hetero) is 1. The minimum absolute atomic E-state index is 0.0444. The quantitative estimate of drug-likeness (QED) is 0.107. The number of benzene rings is 2. The van der Waals surface area contributed by atoms with E-state index < -0.39 is 39.2 Å². The van der Waals surface area contributed by atoms with Gasteiger partial charge in [-0.25, -0.2) is 21.8 Å². The summed E-state index contributed by atoms with van der Waals surface area (Å²) in [4.78, 5) is 30.4. The molecule has 2 saturated carbocycles. The number of carboxylic acid groups (broad SMARTS) is 1. The van der Waals surface area contributed by atoms with Crippen LogP contribution in [-0.4, -0.2) is 88.8 Å². The number of rotatable bonds is 20. The number of carboxylic acids is 1. The van der Waals surface area contributed by atoms with E-state index in [9.17, 15) is 36.1 Å². The predicted molar refractivity (Wildman–Crippen MR) is 228 cm³/mol. The first-order chi connectivity index (χ1) is 28.7. The van der Waals surface area contributed by atoms with Gasteiger partial charge in [0.25, 0.3) is 0 Å². The number of thiazole rings is 1. The molecule has 2 aliphatic heterocycles. The third-order valence-corrected chi connectivity index (χ3v) is 19.1. The van der Waals surface area contributed by atoms with Crippen LogP contribution >= 0.6 is 18.9 Å². The second kappa shape index (κ2) is 21.0. The zero-order chi connectivity index (χ0) is 42.9. The molecule has 2 aromatic carbocycles. The average molecular weight is 908 g/mol. The Balaban J connectivity index is 0.000000224. The summed E-state index contributed by atoms with van der Waals surface area (Å²) in [6.07, 6.45) is 7.98. The van der Waals surface area contributed by atoms with Gasteiger partial charge in [0, 0.05) is 37.7 Å². The lowest BCUT2D eigenvalue weighted by atomic mass is 9.82. The molecule has 13 nitrogen and oxygen atoms in total. The van der Waals surface area contributed by atoms with Crippen molar-refractivity contribution < 1.29 is 54.6 Å². The fraction of sp³-hybridized carbons (Fsp3) is 0.605. The van der Waals surface area contributed by atoms with Crippen LogP contribution in [0, 0.1) is 11.8 Å². The van der Waals surface area contributed by atoms with Crippen molar-refractivity contribution in [1.82, 2.24) is 4.98 Å². The molecule has 2 aliphatic carbocycles. The Labute approximate surface area is 358 Å². The Morgan fingerprint density at radius 1 is 0.733 bits per heavy atom. The molecule has 3 heterocycles. The van der Waals surface area contributed by atoms with Crippen molar-refractivity contribution in [1.29, 1.82) is 0 Å². The second-order valence-corrected chi connectivity index (χ2v) is 23.6. The lowest BCUT2D eigenvalue weighted by Gasteiger charge is -2.26. The number of carbonyl (C=O) groups is 2. The Bertz CT molecular complexity index is 2150. The zero-order valence-electron chi connectivity index (χ0n) is 34.4. The van der Waals surface area contributed by atoms with Gasteiger partial charge in [0.15, 0.2) is 19.7 Å². The molecule has 0 amide bonds. The van der Waals surface area contributed by atoms with Crippen molar-refractivity contribution in [3.8, 4) is 0 Å². The van der Waals surface area contributed by atoms with Crippen LogP contribution in [0.5, 0.6) is 0 Å². The lowest BCUT2D eigenvalue weighted by Crippen LogP contribution is -2.23. The van der Waals surface area contributed by atoms with Crippen LogP contribution in [0.25, 0.3) is 0 Å². The van der Waals surface area contributed by atoms with Crippen LogP contribution in [0.4, 0.5) is 0 Å². The third kappa shape index (κ3) is 12.6. The molecule has 1 aromatic heterocycles. The lowest BCUT2D eigenvalue weighted by molar-refractivity contribution is -0.139. The van der Waals surface area contributed by atoms with Crippen LogP contribution in [0.1, 0.15) is 112 Å². The maximum Gasteiger partial charge on any atom is 0.336 e. The molecule has 3 aromatic rings. The monoisotopic (exact) mass is 907 g/mol. The highest BCUT2D eigenvalue weighted by Gasteiger charge is 2.38. The van der Waals surface area contributed by atoms with Crippen molar-refractivity contribution >= 4 is 50.4 Å². The van der Waals surface area contributed by atoms with Crippen LogP contribution < -0.4 is 0 Å². The number of sulfone groups is 2. The summed E-state index contributed by atoms with van der Waals surface area (Å²) in [6.45, 7) is 6.86. The van der Waals surface area contributed by atoms with Gasteiger partial charge in [-0.2, -0.15) is 0 Å². The highest BCUT2D eigenvalue weighted by molar-refractivity contribution is 7.92. The number of hydrogen-bond acceptors (Lipinski definition) is 13. The zero-order valence-corrected chi connectivity index (χ0v) is 37.8. The Morgan fingerprint density at radius 2 is 1.17 bits per heavy atom. The molecule has 4 fully saturated rings. The number of aliphatic carboxylic acids is 1. The van der Waals surface area contributed by atoms with E-state index in [1.165, 1.54) is 11.3 Å². The molecule has 330 valence electrons. The van der Waals surface area contributed by atoms with Crippen LogP contribution in [-0.2, 0) is 64.9 Å². The number of carbonyl (C=O) groups excluding carboxylic acids is 1. The summed E-state index contributed by atoms with van der Waals surface area (Å²) in [5.74, 6) is -1.04. The molecular formula is C43H58NO12PS3. The van der Waals surface area contributed by atoms with Gasteiger partial charge < -0.3 is 23.6 Å². The van der Waals surface area contributed by atoms with Gasteiger partial charge >= 0.3 is 13.6 Å². The topological polar surface area (TPSA) is 190 Å². The number of ketones is 1. The number of hydrogen-bond donors (Lipinski definition) is 1. The van der Waals surface area contributed by atoms with E-state index >= 15 is 0 Å². The van der Waals surface area contributed by atoms with Crippen LogP contribution in [0.15, 0.2) is 63.7 Å². The standard InChI is InChI=1S/C26H36NO7PS2.C17H22O5S/c1-3-33-35(29,34-4-2)17-21-18-36-26(27-21)16-25(28)24(15-19-11-13-32-14-12-19)20-5-7-22(8-6-20)37(30,31)23-9-10-23;18-17(19)16(11-12-7-9-22-10-8-12)13-1-3-14(4-2-13)23(20,21)15-5-6-15/h5-8,18-19,23-24H,3-4,9-17H2,1-2H3;1-4,12,15-16H,5-11H2,(H,18,19)/t24-;16-/m11/s1. The summed E-state index contributed by atoms with van der Waals surface area (Å²) < 4.78 is 84.1. The SMILES string of the molecule is CCOP(=O)(Cc1csc(CC(=O)[C@H](CC2CCOCC2)c2ccc(S(=O)(=O)C3CC3)cc2)n1)OCC.O=C(O)[C@H](CC1CCOCC1)c1ccc(S(=O)(=O)C2CC2)cc1. The van der Waals surface area contributed by atoms with E-state index in [-0.39, 0.29) is 48.0 Å². The van der Waals surface area contributed by atoms with Crippen molar-refractivity contribution in [2.45, 2.75) is 123 Å². The predicted octanol–water partition coefficient (Wildman–Crippen LogP) is 8.17. The molecule has 1 N–H and O–H groups in total. The second-order valence-electron chi connectivity index (χ2n) is 16.1. The van der Waals surface area contributed by atoms with E-state index in [1.54, 1.807) is 67.8 Å². The van der Waals surface area contributed by atoms with Crippen molar-refractivity contribution in [2.24, 2.45) is 11.8 Å². The van der Waals surface area contributed by atoms with Gasteiger partial charge in [-0.1, -0.05) is 24.3 Å². The highest BCUT2D eigenvalue weighted by atomic mass is 32.2. The van der Waals surface area contributed by atoms with E-state index in [0.29, 0.717) is 77.2 Å². The fourth-order valence-electron chi connectivity index (χ4n) is 7.88. The van der Waals surface area contributed by atoms with E-state index in [0.717, 1.165) is 56.9 Å². The van der Waals surface area contributed by atoms with Crippen LogP contribution in [0.3, 0.4) is 0 Å². The van der Waals surface area contributed by atoms with Crippen molar-refractivity contribution in [3.63, 3.8) is 0 Å². The Morgan fingerprint density at radius 3 is 1.58 bits per heavy atom. The molecule has 4 aliphatic rings. The molecule has 0 unspecified atom stereocenters. The summed E-state index contributed by atoms with van der Waals surface area (Å²) in [5, 5.41) is 11.5. The normalized spacial score (nSPS) is 19.2. The summed E-state index contributed by atoms with van der Waals surface area (Å²) in [5.41, 5.74) is 2.10. The van der Waals surface area contributed by atoms with Gasteiger partial charge in [-0.15, -0.1) is 11.3 Å². The molecule has 2 atom stereocenters. The third-order valence-electron chi connectivity index (χ3n) is 11.6. The molecule has 60 heavy (non-hydrogen) atoms. The fourth-order valence-corrected chi connectivity index (χ4v) is 13.7. The first-order valence-electron chi connectivity index (χ1n) is 21.1. The maximum atomic E-state index is 13.6. The van der Waals surface area contributed by atoms with Crippen LogP contribution in [0.2, 0.25) is 0 Å². The van der Waals surface area contributed by atoms with Crippen molar-refractivity contribution in [2.75, 3.05) is 39.6 Å². The summed E-state index contributed by atoms with van der Waals surface area (Å²) >= 11 is 1.37. The van der Waals surface area contributed by atoms with Crippen molar-refractivity contribution in [3.05, 3.63) is 75.7 Å². The first kappa shape index (κ1) is 46.7. The molecule has 0 spiro atoms. The van der Waals surface area contributed by atoms with Gasteiger partial charge in [0.05, 0.1) is 57.7 Å². The van der Waals surface area contributed by atoms with E-state index in [1.807, 2.05) is 0 Å². The molecule has 17 heteroatoms. The number of ether oxygens (including phenoxy) is 2. The van der Waals surface area contributed by atoms with Gasteiger partial charge in [-0.3, -0.25) is 14.2 Å². The molecule has 7 rings (SSSR count). The molecular weight excluding hydrogens is 850 g/mol. The number of aromatic nitrogens is 1. The highest BCUT2D eigenvalue weighted by Crippen LogP contribution is 2.51. The minimum atomic E-state index is -3.28. The molecule has 0 bridgehead atoms. The minimum Gasteiger partial charge on any atom is -0.481 e. The Kier molecular flexibility index (Phi) is 16.4. The first-order valence-corrected chi connectivity index (χ1v) is 26.8.